The number of fused-ring (bicyclic) bond motifs is 2. The first-order chi connectivity index (χ1) is 15.6. The molecule has 1 aromatic carbocycles. The number of hydrogen-bond acceptors (Lipinski definition) is 5. The van der Waals surface area contributed by atoms with Gasteiger partial charge in [0.2, 0.25) is 5.91 Å². The number of carbonyl (C=O) groups excluding carboxylic acids is 2. The molecule has 4 rings (SSSR count). The van der Waals surface area contributed by atoms with Crippen molar-refractivity contribution < 1.29 is 24.2 Å². The summed E-state index contributed by atoms with van der Waals surface area (Å²) in [5, 5.41) is 10.2. The van der Waals surface area contributed by atoms with Gasteiger partial charge in [-0.05, 0) is 44.1 Å². The SMILES string of the molecule is C=CCN1C(=O)[C@]2(O[C@H](CC(=O)N3CCC[C@H]3CO)[C@@H]([Si](C)(C)O)[C@@H]2C)c2cc(Cl)ccc21. The van der Waals surface area contributed by atoms with Gasteiger partial charge in [0.15, 0.2) is 13.9 Å². The van der Waals surface area contributed by atoms with Crippen LogP contribution < -0.4 is 4.90 Å². The second kappa shape index (κ2) is 8.81. The number of nitrogens with zero attached hydrogens (tertiary/aromatic N) is 2. The highest BCUT2D eigenvalue weighted by Crippen LogP contribution is 2.59. The standard InChI is InChI=1S/C24H33ClN2O5Si/c1-5-10-27-19-9-8-16(25)12-18(19)24(23(27)30)15(2)22(33(3,4)31)20(32-24)13-21(29)26-11-6-7-17(26)14-28/h5,8-9,12,15,17,20,22,28,31H,1,6-7,10-11,13-14H2,2-4H3/t15-,17-,20+,22-,24+/m0/s1. The molecule has 1 aromatic rings. The Kier molecular flexibility index (Phi) is 6.52. The molecule has 180 valence electrons. The fourth-order valence-electron chi connectivity index (χ4n) is 6.20. The summed E-state index contributed by atoms with van der Waals surface area (Å²) in [6, 6.07) is 5.14. The molecule has 0 saturated carbocycles. The second-order valence-electron chi connectivity index (χ2n) is 10.00. The normalized spacial score (nSPS) is 31.5. The van der Waals surface area contributed by atoms with Gasteiger partial charge in [-0.2, -0.15) is 0 Å². The molecule has 9 heteroatoms. The molecule has 5 atom stereocenters. The first kappa shape index (κ1) is 24.4. The quantitative estimate of drug-likeness (QED) is 0.470. The molecule has 2 amide bonds. The van der Waals surface area contributed by atoms with Crippen LogP contribution in [0.4, 0.5) is 5.69 Å². The minimum atomic E-state index is -2.85. The van der Waals surface area contributed by atoms with Crippen molar-refractivity contribution in [1.29, 1.82) is 0 Å². The highest BCUT2D eigenvalue weighted by atomic mass is 35.5. The number of carbonyl (C=O) groups is 2. The molecule has 2 N–H and O–H groups in total. The fraction of sp³-hybridized carbons (Fsp3) is 0.583. The summed E-state index contributed by atoms with van der Waals surface area (Å²) in [5.41, 5.74) is -0.245. The first-order valence-corrected chi connectivity index (χ1v) is 15.0. The number of ether oxygens (including phenoxy) is 1. The topological polar surface area (TPSA) is 90.3 Å². The minimum Gasteiger partial charge on any atom is -0.432 e. The van der Waals surface area contributed by atoms with Crippen LogP contribution >= 0.6 is 11.6 Å². The number of aliphatic hydroxyl groups excluding tert-OH is 1. The van der Waals surface area contributed by atoms with Gasteiger partial charge < -0.3 is 24.4 Å². The van der Waals surface area contributed by atoms with Crippen molar-refractivity contribution in [2.75, 3.05) is 24.6 Å². The fourth-order valence-corrected chi connectivity index (χ4v) is 8.93. The Bertz CT molecular complexity index is 967. The van der Waals surface area contributed by atoms with E-state index in [4.69, 9.17) is 16.3 Å². The molecule has 0 radical (unpaired) electrons. The Hall–Kier alpha value is -1.71. The van der Waals surface area contributed by atoms with Gasteiger partial charge in [-0.1, -0.05) is 24.6 Å². The van der Waals surface area contributed by atoms with Crippen LogP contribution in [0.25, 0.3) is 0 Å². The highest BCUT2D eigenvalue weighted by molar-refractivity contribution is 6.71. The van der Waals surface area contributed by atoms with E-state index in [0.29, 0.717) is 23.7 Å². The van der Waals surface area contributed by atoms with Crippen molar-refractivity contribution in [2.24, 2.45) is 5.92 Å². The lowest BCUT2D eigenvalue weighted by molar-refractivity contribution is -0.149. The lowest BCUT2D eigenvalue weighted by atomic mass is 9.82. The van der Waals surface area contributed by atoms with Gasteiger partial charge in [-0.3, -0.25) is 9.59 Å². The van der Waals surface area contributed by atoms with E-state index >= 15 is 0 Å². The number of halogens is 1. The third-order valence-electron chi connectivity index (χ3n) is 7.54. The Morgan fingerprint density at radius 1 is 1.42 bits per heavy atom. The monoisotopic (exact) mass is 492 g/mol. The molecule has 3 heterocycles. The van der Waals surface area contributed by atoms with Crippen LogP contribution in [0, 0.1) is 5.92 Å². The number of likely N-dealkylation sites (tertiary alicyclic amines) is 1. The Morgan fingerprint density at radius 2 is 2.15 bits per heavy atom. The number of hydrogen-bond donors (Lipinski definition) is 2. The van der Waals surface area contributed by atoms with Crippen molar-refractivity contribution in [3.63, 3.8) is 0 Å². The summed E-state index contributed by atoms with van der Waals surface area (Å²) in [6.07, 6.45) is 2.75. The maximum atomic E-state index is 13.9. The summed E-state index contributed by atoms with van der Waals surface area (Å²) in [4.78, 5) is 41.7. The molecule has 2 saturated heterocycles. The average Bonchev–Trinajstić information content (AvgIpc) is 3.39. The summed E-state index contributed by atoms with van der Waals surface area (Å²) >= 11 is 6.34. The molecule has 0 aromatic heterocycles. The van der Waals surface area contributed by atoms with E-state index in [9.17, 15) is 19.5 Å². The van der Waals surface area contributed by atoms with Gasteiger partial charge in [0.1, 0.15) is 0 Å². The molecule has 33 heavy (non-hydrogen) atoms. The van der Waals surface area contributed by atoms with E-state index in [2.05, 4.69) is 6.58 Å². The maximum absolute atomic E-state index is 13.9. The molecule has 7 nitrogen and oxygen atoms in total. The molecule has 3 aliphatic rings. The predicted octanol–water partition coefficient (Wildman–Crippen LogP) is 3.04. The van der Waals surface area contributed by atoms with Crippen LogP contribution in [0.2, 0.25) is 23.7 Å². The van der Waals surface area contributed by atoms with Crippen LogP contribution in [0.3, 0.4) is 0 Å². The zero-order chi connectivity index (χ0) is 24.1. The number of anilines is 1. The van der Waals surface area contributed by atoms with Crippen molar-refractivity contribution in [2.45, 2.75) is 62.6 Å². The van der Waals surface area contributed by atoms with Crippen molar-refractivity contribution in [1.82, 2.24) is 4.90 Å². The van der Waals surface area contributed by atoms with Gasteiger partial charge in [-0.15, -0.1) is 6.58 Å². The van der Waals surface area contributed by atoms with Crippen molar-refractivity contribution in [3.8, 4) is 0 Å². The highest BCUT2D eigenvalue weighted by Gasteiger charge is 2.66. The summed E-state index contributed by atoms with van der Waals surface area (Å²) < 4.78 is 6.61. The third kappa shape index (κ3) is 3.85. The predicted molar refractivity (Wildman–Crippen MR) is 130 cm³/mol. The second-order valence-corrected chi connectivity index (χ2v) is 14.4. The zero-order valence-electron chi connectivity index (χ0n) is 19.5. The number of amides is 2. The van der Waals surface area contributed by atoms with Gasteiger partial charge in [0.05, 0.1) is 30.9 Å². The Labute approximate surface area is 201 Å². The molecule has 0 aliphatic carbocycles. The van der Waals surface area contributed by atoms with Crippen LogP contribution in [0.15, 0.2) is 30.9 Å². The zero-order valence-corrected chi connectivity index (χ0v) is 21.2. The smallest absolute Gasteiger partial charge is 0.264 e. The van der Waals surface area contributed by atoms with Crippen LogP contribution in [0.5, 0.6) is 0 Å². The van der Waals surface area contributed by atoms with Crippen LogP contribution in [-0.2, 0) is 19.9 Å². The third-order valence-corrected chi connectivity index (χ3v) is 10.3. The van der Waals surface area contributed by atoms with Gasteiger partial charge >= 0.3 is 0 Å². The van der Waals surface area contributed by atoms with Crippen molar-refractivity contribution in [3.05, 3.63) is 41.4 Å². The van der Waals surface area contributed by atoms with Gasteiger partial charge in [0, 0.05) is 35.1 Å². The number of aliphatic hydroxyl groups is 1. The maximum Gasteiger partial charge on any atom is 0.264 e. The summed E-state index contributed by atoms with van der Waals surface area (Å²) in [5.74, 6) is -0.669. The molecule has 0 unspecified atom stereocenters. The van der Waals surface area contributed by atoms with E-state index in [1.54, 1.807) is 28.0 Å². The van der Waals surface area contributed by atoms with Gasteiger partial charge in [-0.25, -0.2) is 0 Å². The lowest BCUT2D eigenvalue weighted by Crippen LogP contribution is -2.46. The van der Waals surface area contributed by atoms with E-state index in [1.807, 2.05) is 26.1 Å². The molecular formula is C24H33ClN2O5Si. The first-order valence-electron chi connectivity index (χ1n) is 11.6. The average molecular weight is 493 g/mol. The summed E-state index contributed by atoms with van der Waals surface area (Å²) in [6.45, 7) is 10.3. The van der Waals surface area contributed by atoms with E-state index in [0.717, 1.165) is 18.5 Å². The lowest BCUT2D eigenvalue weighted by Gasteiger charge is -2.32. The molecule has 3 aliphatic heterocycles. The Morgan fingerprint density at radius 3 is 2.79 bits per heavy atom. The molecular weight excluding hydrogens is 460 g/mol. The van der Waals surface area contributed by atoms with Gasteiger partial charge in [0.25, 0.3) is 5.91 Å². The number of benzene rings is 1. The largest absolute Gasteiger partial charge is 0.432 e. The van der Waals surface area contributed by atoms with Crippen LogP contribution in [-0.4, -0.2) is 66.8 Å². The molecule has 0 bridgehead atoms. The van der Waals surface area contributed by atoms with Crippen molar-refractivity contribution >= 4 is 37.4 Å². The van der Waals surface area contributed by atoms with E-state index < -0.39 is 20.0 Å². The minimum absolute atomic E-state index is 0.0644. The molecule has 2 fully saturated rings. The Balaban J connectivity index is 1.75. The molecule has 1 spiro atoms. The van der Waals surface area contributed by atoms with E-state index in [-0.39, 0.29) is 42.3 Å². The number of rotatable bonds is 6. The van der Waals surface area contributed by atoms with E-state index in [1.165, 1.54) is 0 Å². The summed E-state index contributed by atoms with van der Waals surface area (Å²) in [7, 11) is -2.85. The van der Waals surface area contributed by atoms with Crippen LogP contribution in [0.1, 0.15) is 31.7 Å².